The molecule has 0 radical (unpaired) electrons. The molecule has 0 aliphatic rings. The molecule has 0 saturated carbocycles. The third kappa shape index (κ3) is 3.41. The maximum atomic E-state index is 12.9. The second-order valence-electron chi connectivity index (χ2n) is 4.03. The van der Waals surface area contributed by atoms with Crippen LogP contribution in [0.3, 0.4) is 0 Å². The van der Waals surface area contributed by atoms with Crippen LogP contribution in [0.5, 0.6) is 17.2 Å². The molecule has 0 amide bonds. The van der Waals surface area contributed by atoms with Crippen molar-refractivity contribution in [1.82, 2.24) is 0 Å². The highest BCUT2D eigenvalue weighted by Crippen LogP contribution is 2.40. The third-order valence-corrected chi connectivity index (χ3v) is 2.54. The number of nitro benzene ring substituents is 1. The third-order valence-electron chi connectivity index (χ3n) is 2.54. The quantitative estimate of drug-likeness (QED) is 0.683. The van der Waals surface area contributed by atoms with E-state index >= 15 is 0 Å². The van der Waals surface area contributed by atoms with E-state index in [1.54, 1.807) is 0 Å². The first-order chi connectivity index (χ1) is 9.77. The Labute approximate surface area is 116 Å². The van der Waals surface area contributed by atoms with Crippen LogP contribution in [0.25, 0.3) is 0 Å². The summed E-state index contributed by atoms with van der Waals surface area (Å²) >= 11 is 0. The Morgan fingerprint density at radius 3 is 2.24 bits per heavy atom. The monoisotopic (exact) mass is 299 g/mol. The number of nitro groups is 1. The molecule has 2 aromatic carbocycles. The number of phenolic OH excluding ortho intramolecular Hbond substituents is 1. The first-order valence-corrected chi connectivity index (χ1v) is 5.60. The zero-order valence-corrected chi connectivity index (χ0v) is 10.3. The Morgan fingerprint density at radius 1 is 1.10 bits per heavy atom. The second-order valence-corrected chi connectivity index (χ2v) is 4.03. The first kappa shape index (κ1) is 14.6. The molecule has 0 aliphatic carbocycles. The van der Waals surface area contributed by atoms with Gasteiger partial charge in [0.05, 0.1) is 4.92 Å². The molecule has 110 valence electrons. The van der Waals surface area contributed by atoms with Gasteiger partial charge in [-0.3, -0.25) is 10.1 Å². The van der Waals surface area contributed by atoms with Gasteiger partial charge in [0.25, 0.3) is 5.69 Å². The van der Waals surface area contributed by atoms with Crippen molar-refractivity contribution in [2.75, 3.05) is 0 Å². The number of non-ortho nitro benzene ring substituents is 1. The fourth-order valence-corrected chi connectivity index (χ4v) is 1.58. The standard InChI is InChI=1S/C13H8F3NO4/c14-13(15,16)11-7-8(17(19)20)1-6-12(11)21-10-4-2-9(18)3-5-10/h1-7,18H. The van der Waals surface area contributed by atoms with Gasteiger partial charge < -0.3 is 9.84 Å². The van der Waals surface area contributed by atoms with Crippen LogP contribution < -0.4 is 4.74 Å². The minimum atomic E-state index is -4.79. The molecule has 0 aliphatic heterocycles. The molecule has 2 aromatic rings. The second kappa shape index (κ2) is 5.31. The summed E-state index contributed by atoms with van der Waals surface area (Å²) in [6, 6.07) is 7.25. The Hall–Kier alpha value is -2.77. The highest BCUT2D eigenvalue weighted by molar-refractivity contribution is 5.47. The van der Waals surface area contributed by atoms with Crippen LogP contribution in [0.15, 0.2) is 42.5 Å². The number of aromatic hydroxyl groups is 1. The Bertz CT molecular complexity index is 668. The van der Waals surface area contributed by atoms with Crippen molar-refractivity contribution in [3.8, 4) is 17.2 Å². The van der Waals surface area contributed by atoms with Gasteiger partial charge >= 0.3 is 6.18 Å². The van der Waals surface area contributed by atoms with Crippen LogP contribution in [0.1, 0.15) is 5.56 Å². The molecule has 0 atom stereocenters. The van der Waals surface area contributed by atoms with E-state index in [9.17, 15) is 23.3 Å². The Balaban J connectivity index is 2.43. The molecule has 0 aromatic heterocycles. The van der Waals surface area contributed by atoms with Gasteiger partial charge in [0.15, 0.2) is 0 Å². The van der Waals surface area contributed by atoms with Gasteiger partial charge in [-0.2, -0.15) is 13.2 Å². The van der Waals surface area contributed by atoms with Gasteiger partial charge in [-0.25, -0.2) is 0 Å². The van der Waals surface area contributed by atoms with E-state index in [-0.39, 0.29) is 11.5 Å². The minimum Gasteiger partial charge on any atom is -0.508 e. The Morgan fingerprint density at radius 2 is 1.71 bits per heavy atom. The molecule has 0 bridgehead atoms. The molecular formula is C13H8F3NO4. The molecule has 0 heterocycles. The van der Waals surface area contributed by atoms with E-state index in [1.165, 1.54) is 24.3 Å². The number of hydrogen-bond donors (Lipinski definition) is 1. The average Bonchev–Trinajstić information content (AvgIpc) is 2.40. The highest BCUT2D eigenvalue weighted by atomic mass is 19.4. The summed E-state index contributed by atoms with van der Waals surface area (Å²) in [6.45, 7) is 0. The lowest BCUT2D eigenvalue weighted by molar-refractivity contribution is -0.385. The topological polar surface area (TPSA) is 72.6 Å². The summed E-state index contributed by atoms with van der Waals surface area (Å²) in [5.74, 6) is -0.562. The SMILES string of the molecule is O=[N+]([O-])c1ccc(Oc2ccc(O)cc2)c(C(F)(F)F)c1. The summed E-state index contributed by atoms with van der Waals surface area (Å²) in [6.07, 6.45) is -4.79. The number of rotatable bonds is 3. The number of benzene rings is 2. The van der Waals surface area contributed by atoms with Crippen molar-refractivity contribution in [3.63, 3.8) is 0 Å². The minimum absolute atomic E-state index is 0.0622. The van der Waals surface area contributed by atoms with Crippen LogP contribution in [-0.2, 0) is 6.18 Å². The van der Waals surface area contributed by atoms with Crippen molar-refractivity contribution in [2.24, 2.45) is 0 Å². The largest absolute Gasteiger partial charge is 0.508 e. The maximum Gasteiger partial charge on any atom is 0.420 e. The number of phenols is 1. The smallest absolute Gasteiger partial charge is 0.420 e. The predicted octanol–water partition coefficient (Wildman–Crippen LogP) is 4.11. The average molecular weight is 299 g/mol. The van der Waals surface area contributed by atoms with Crippen LogP contribution in [-0.4, -0.2) is 10.0 Å². The molecule has 2 rings (SSSR count). The number of nitrogens with zero attached hydrogens (tertiary/aromatic N) is 1. The number of halogens is 3. The first-order valence-electron chi connectivity index (χ1n) is 5.60. The van der Waals surface area contributed by atoms with E-state index in [0.717, 1.165) is 12.1 Å². The van der Waals surface area contributed by atoms with E-state index in [2.05, 4.69) is 0 Å². The summed E-state index contributed by atoms with van der Waals surface area (Å²) in [4.78, 5) is 9.64. The normalized spacial score (nSPS) is 11.2. The van der Waals surface area contributed by atoms with E-state index in [1.807, 2.05) is 0 Å². The lowest BCUT2D eigenvalue weighted by Crippen LogP contribution is -2.08. The predicted molar refractivity (Wildman–Crippen MR) is 66.3 cm³/mol. The maximum absolute atomic E-state index is 12.9. The van der Waals surface area contributed by atoms with E-state index in [0.29, 0.717) is 6.07 Å². The fraction of sp³-hybridized carbons (Fsp3) is 0.0769. The van der Waals surface area contributed by atoms with E-state index < -0.39 is 28.1 Å². The molecule has 0 fully saturated rings. The van der Waals surface area contributed by atoms with Gasteiger partial charge in [0.1, 0.15) is 22.8 Å². The van der Waals surface area contributed by atoms with Crippen molar-refractivity contribution in [3.05, 3.63) is 58.1 Å². The number of ether oxygens (including phenoxy) is 1. The van der Waals surface area contributed by atoms with Gasteiger partial charge in [0.2, 0.25) is 0 Å². The van der Waals surface area contributed by atoms with Crippen LogP contribution >= 0.6 is 0 Å². The molecule has 1 N–H and O–H groups in total. The molecular weight excluding hydrogens is 291 g/mol. The molecule has 8 heteroatoms. The van der Waals surface area contributed by atoms with Crippen molar-refractivity contribution >= 4 is 5.69 Å². The number of alkyl halides is 3. The van der Waals surface area contributed by atoms with Gasteiger partial charge in [-0.15, -0.1) is 0 Å². The Kier molecular flexibility index (Phi) is 3.70. The van der Waals surface area contributed by atoms with Gasteiger partial charge in [0, 0.05) is 12.1 Å². The van der Waals surface area contributed by atoms with Crippen LogP contribution in [0, 0.1) is 10.1 Å². The van der Waals surface area contributed by atoms with Crippen LogP contribution in [0.4, 0.5) is 18.9 Å². The summed E-state index contributed by atoms with van der Waals surface area (Å²) in [7, 11) is 0. The van der Waals surface area contributed by atoms with Crippen molar-refractivity contribution in [1.29, 1.82) is 0 Å². The number of hydrogen-bond acceptors (Lipinski definition) is 4. The summed E-state index contributed by atoms with van der Waals surface area (Å²) < 4.78 is 43.8. The van der Waals surface area contributed by atoms with E-state index in [4.69, 9.17) is 9.84 Å². The summed E-state index contributed by atoms with van der Waals surface area (Å²) in [5, 5.41) is 19.7. The summed E-state index contributed by atoms with van der Waals surface area (Å²) in [5.41, 5.74) is -1.93. The lowest BCUT2D eigenvalue weighted by Gasteiger charge is -2.13. The van der Waals surface area contributed by atoms with Crippen LogP contribution in [0.2, 0.25) is 0 Å². The highest BCUT2D eigenvalue weighted by Gasteiger charge is 2.36. The fourth-order valence-electron chi connectivity index (χ4n) is 1.58. The molecule has 0 unspecified atom stereocenters. The molecule has 21 heavy (non-hydrogen) atoms. The zero-order chi connectivity index (χ0) is 15.6. The molecule has 5 nitrogen and oxygen atoms in total. The zero-order valence-electron chi connectivity index (χ0n) is 10.3. The molecule has 0 spiro atoms. The molecule has 0 saturated heterocycles. The van der Waals surface area contributed by atoms with Gasteiger partial charge in [-0.05, 0) is 30.3 Å². The lowest BCUT2D eigenvalue weighted by atomic mass is 10.1. The van der Waals surface area contributed by atoms with Gasteiger partial charge in [-0.1, -0.05) is 0 Å². The van der Waals surface area contributed by atoms with Crippen molar-refractivity contribution < 1.29 is 27.9 Å². The van der Waals surface area contributed by atoms with Crippen molar-refractivity contribution in [2.45, 2.75) is 6.18 Å².